The quantitative estimate of drug-likeness (QED) is 0.731. The number of morpholine rings is 1. The van der Waals surface area contributed by atoms with Crippen LogP contribution in [0.5, 0.6) is 0 Å². The summed E-state index contributed by atoms with van der Waals surface area (Å²) >= 11 is 5.64. The number of ether oxygens (including phenoxy) is 1. The third-order valence-corrected chi connectivity index (χ3v) is 6.23. The summed E-state index contributed by atoms with van der Waals surface area (Å²) in [5, 5.41) is 4.81. The molecule has 3 aliphatic rings. The van der Waals surface area contributed by atoms with Crippen molar-refractivity contribution in [3.8, 4) is 0 Å². The van der Waals surface area contributed by atoms with Gasteiger partial charge in [0.05, 0.1) is 19.9 Å². The first-order chi connectivity index (χ1) is 12.7. The third kappa shape index (κ3) is 3.73. The molecule has 0 atom stereocenters. The van der Waals surface area contributed by atoms with Crippen molar-refractivity contribution in [1.82, 2.24) is 24.1 Å². The molecule has 0 radical (unpaired) electrons. The minimum absolute atomic E-state index is 0.160. The number of piperidine rings is 1. The molecule has 144 valence electrons. The molecular weight excluding hydrogens is 350 g/mol. The van der Waals surface area contributed by atoms with Crippen LogP contribution in [0.25, 0.3) is 0 Å². The van der Waals surface area contributed by atoms with Crippen LogP contribution < -0.4 is 0 Å². The highest BCUT2D eigenvalue weighted by Gasteiger charge is 2.31. The SMILES string of the molecule is CCn1c(C2CC2)nn(CN2CCC(C(=O)N3CCOCC3)CC2)c1=S. The van der Waals surface area contributed by atoms with Crippen molar-refractivity contribution in [2.45, 2.75) is 51.7 Å². The summed E-state index contributed by atoms with van der Waals surface area (Å²) < 4.78 is 10.3. The second kappa shape index (κ2) is 7.78. The third-order valence-electron chi connectivity index (χ3n) is 5.80. The Bertz CT molecular complexity index is 697. The van der Waals surface area contributed by atoms with Crippen molar-refractivity contribution < 1.29 is 9.53 Å². The Labute approximate surface area is 159 Å². The highest BCUT2D eigenvalue weighted by atomic mass is 32.1. The second-order valence-electron chi connectivity index (χ2n) is 7.63. The normalized spacial score (nSPS) is 22.7. The van der Waals surface area contributed by atoms with Crippen molar-refractivity contribution in [1.29, 1.82) is 0 Å². The largest absolute Gasteiger partial charge is 0.378 e. The highest BCUT2D eigenvalue weighted by Crippen LogP contribution is 2.39. The molecule has 3 heterocycles. The van der Waals surface area contributed by atoms with E-state index in [-0.39, 0.29) is 5.92 Å². The van der Waals surface area contributed by atoms with Crippen LogP contribution >= 0.6 is 12.2 Å². The van der Waals surface area contributed by atoms with Gasteiger partial charge in [0, 0.05) is 44.6 Å². The summed E-state index contributed by atoms with van der Waals surface area (Å²) in [5.41, 5.74) is 0. The molecule has 7 nitrogen and oxygen atoms in total. The predicted molar refractivity (Wildman–Crippen MR) is 100 cm³/mol. The van der Waals surface area contributed by atoms with Gasteiger partial charge in [0.15, 0.2) is 4.77 Å². The van der Waals surface area contributed by atoms with Crippen molar-refractivity contribution in [3.05, 3.63) is 10.6 Å². The van der Waals surface area contributed by atoms with E-state index in [1.54, 1.807) is 0 Å². The Morgan fingerprint density at radius 3 is 2.46 bits per heavy atom. The van der Waals surface area contributed by atoms with E-state index in [1.165, 1.54) is 12.8 Å². The zero-order valence-corrected chi connectivity index (χ0v) is 16.4. The van der Waals surface area contributed by atoms with Crippen LogP contribution in [-0.4, -0.2) is 69.4 Å². The van der Waals surface area contributed by atoms with Gasteiger partial charge in [-0.3, -0.25) is 9.69 Å². The van der Waals surface area contributed by atoms with E-state index >= 15 is 0 Å². The molecule has 1 aromatic heterocycles. The van der Waals surface area contributed by atoms with Gasteiger partial charge in [-0.15, -0.1) is 0 Å². The van der Waals surface area contributed by atoms with Gasteiger partial charge in [-0.2, -0.15) is 5.10 Å². The predicted octanol–water partition coefficient (Wildman–Crippen LogP) is 1.84. The van der Waals surface area contributed by atoms with Crippen LogP contribution in [-0.2, 0) is 22.7 Å². The molecule has 1 amide bonds. The fourth-order valence-electron chi connectivity index (χ4n) is 4.04. The molecule has 3 fully saturated rings. The smallest absolute Gasteiger partial charge is 0.225 e. The maximum atomic E-state index is 12.7. The number of carbonyl (C=O) groups excluding carboxylic acids is 1. The van der Waals surface area contributed by atoms with E-state index in [0.29, 0.717) is 25.0 Å². The molecule has 1 aliphatic carbocycles. The zero-order valence-electron chi connectivity index (χ0n) is 15.6. The summed E-state index contributed by atoms with van der Waals surface area (Å²) in [6.07, 6.45) is 4.32. The standard InChI is InChI=1S/C18H29N5O2S/c1-2-22-16(14-3-4-14)19-23(18(22)26)13-20-7-5-15(6-8-20)17(24)21-9-11-25-12-10-21/h14-15H,2-13H2,1H3. The van der Waals surface area contributed by atoms with Crippen LogP contribution in [0.1, 0.15) is 44.3 Å². The number of nitrogens with zero attached hydrogens (tertiary/aromatic N) is 5. The Morgan fingerprint density at radius 1 is 1.15 bits per heavy atom. The first-order valence-electron chi connectivity index (χ1n) is 9.93. The van der Waals surface area contributed by atoms with Crippen molar-refractivity contribution in [3.63, 3.8) is 0 Å². The minimum Gasteiger partial charge on any atom is -0.378 e. The van der Waals surface area contributed by atoms with E-state index in [4.69, 9.17) is 22.1 Å². The van der Waals surface area contributed by atoms with Crippen LogP contribution in [0.15, 0.2) is 0 Å². The fraction of sp³-hybridized carbons (Fsp3) is 0.833. The van der Waals surface area contributed by atoms with Gasteiger partial charge >= 0.3 is 0 Å². The summed E-state index contributed by atoms with van der Waals surface area (Å²) in [6, 6.07) is 0. The van der Waals surface area contributed by atoms with Crippen LogP contribution in [0, 0.1) is 10.7 Å². The van der Waals surface area contributed by atoms with Crippen molar-refractivity contribution in [2.24, 2.45) is 5.92 Å². The molecule has 0 bridgehead atoms. The van der Waals surface area contributed by atoms with Gasteiger partial charge in [-0.05, 0) is 44.8 Å². The Balaban J connectivity index is 1.34. The molecular formula is C18H29N5O2S. The van der Waals surface area contributed by atoms with Crippen molar-refractivity contribution >= 4 is 18.1 Å². The Morgan fingerprint density at radius 2 is 1.85 bits per heavy atom. The fourth-order valence-corrected chi connectivity index (χ4v) is 4.36. The average Bonchev–Trinajstić information content (AvgIpc) is 3.48. The lowest BCUT2D eigenvalue weighted by atomic mass is 9.95. The lowest BCUT2D eigenvalue weighted by molar-refractivity contribution is -0.141. The van der Waals surface area contributed by atoms with E-state index in [0.717, 1.165) is 62.8 Å². The summed E-state index contributed by atoms with van der Waals surface area (Å²) in [5.74, 6) is 2.24. The molecule has 0 spiro atoms. The molecule has 1 aromatic rings. The van der Waals surface area contributed by atoms with E-state index in [9.17, 15) is 4.79 Å². The molecule has 4 rings (SSSR count). The molecule has 8 heteroatoms. The molecule has 26 heavy (non-hydrogen) atoms. The first-order valence-corrected chi connectivity index (χ1v) is 10.3. The maximum absolute atomic E-state index is 12.7. The Kier molecular flexibility index (Phi) is 5.42. The van der Waals surface area contributed by atoms with Gasteiger partial charge in [0.25, 0.3) is 0 Å². The summed E-state index contributed by atoms with van der Waals surface area (Å²) in [4.78, 5) is 17.0. The number of rotatable bonds is 5. The topological polar surface area (TPSA) is 55.5 Å². The number of likely N-dealkylation sites (tertiary alicyclic amines) is 1. The highest BCUT2D eigenvalue weighted by molar-refractivity contribution is 7.71. The number of hydrogen-bond acceptors (Lipinski definition) is 5. The van der Waals surface area contributed by atoms with Crippen molar-refractivity contribution in [2.75, 3.05) is 39.4 Å². The lowest BCUT2D eigenvalue weighted by Crippen LogP contribution is -2.47. The van der Waals surface area contributed by atoms with Crippen LogP contribution in [0.4, 0.5) is 0 Å². The van der Waals surface area contributed by atoms with Gasteiger partial charge in [0.1, 0.15) is 5.82 Å². The lowest BCUT2D eigenvalue weighted by Gasteiger charge is -2.35. The van der Waals surface area contributed by atoms with E-state index < -0.39 is 0 Å². The van der Waals surface area contributed by atoms with Crippen LogP contribution in [0.2, 0.25) is 0 Å². The number of hydrogen-bond donors (Lipinski definition) is 0. The van der Waals surface area contributed by atoms with E-state index in [2.05, 4.69) is 16.4 Å². The van der Waals surface area contributed by atoms with Gasteiger partial charge in [0.2, 0.25) is 5.91 Å². The summed E-state index contributed by atoms with van der Waals surface area (Å²) in [7, 11) is 0. The number of amides is 1. The van der Waals surface area contributed by atoms with Crippen LogP contribution in [0.3, 0.4) is 0 Å². The molecule has 2 aliphatic heterocycles. The Hall–Kier alpha value is -1.25. The maximum Gasteiger partial charge on any atom is 0.225 e. The average molecular weight is 380 g/mol. The summed E-state index contributed by atoms with van der Waals surface area (Å²) in [6.45, 7) is 8.46. The van der Waals surface area contributed by atoms with Gasteiger partial charge < -0.3 is 14.2 Å². The number of aromatic nitrogens is 3. The molecule has 0 unspecified atom stereocenters. The minimum atomic E-state index is 0.160. The monoisotopic (exact) mass is 379 g/mol. The van der Waals surface area contributed by atoms with Gasteiger partial charge in [-0.1, -0.05) is 0 Å². The molecule has 2 saturated heterocycles. The van der Waals surface area contributed by atoms with Gasteiger partial charge in [-0.25, -0.2) is 4.68 Å². The molecule has 0 aromatic carbocycles. The number of carbonyl (C=O) groups is 1. The molecule has 1 saturated carbocycles. The molecule has 0 N–H and O–H groups in total. The van der Waals surface area contributed by atoms with E-state index in [1.807, 2.05) is 9.58 Å². The zero-order chi connectivity index (χ0) is 18.1. The second-order valence-corrected chi connectivity index (χ2v) is 8.00. The first kappa shape index (κ1) is 18.1.